The third kappa shape index (κ3) is 6.29. The molecule has 0 aliphatic heterocycles. The molecule has 0 heterocycles. The van der Waals surface area contributed by atoms with Crippen LogP contribution in [0.25, 0.3) is 0 Å². The highest BCUT2D eigenvalue weighted by atomic mass is 79.9. The van der Waals surface area contributed by atoms with Crippen LogP contribution in [-0.2, 0) is 11.2 Å². The van der Waals surface area contributed by atoms with Crippen LogP contribution < -0.4 is 14.8 Å². The minimum Gasteiger partial charge on any atom is -0.496 e. The molecule has 1 aromatic carbocycles. The quantitative estimate of drug-likeness (QED) is 0.641. The summed E-state index contributed by atoms with van der Waals surface area (Å²) in [6.45, 7) is 4.54. The molecule has 1 atom stereocenters. The Kier molecular flexibility index (Phi) is 8.84. The fourth-order valence-electron chi connectivity index (χ4n) is 2.16. The van der Waals surface area contributed by atoms with Crippen molar-refractivity contribution in [1.82, 2.24) is 5.32 Å². The normalized spacial score (nSPS) is 11.7. The molecule has 1 aromatic rings. The Balaban J connectivity index is 2.76. The second-order valence-corrected chi connectivity index (χ2v) is 6.10. The highest BCUT2D eigenvalue weighted by Gasteiger charge is 2.16. The number of nitrogens with one attached hydrogen (secondary N) is 1. The number of ether oxygens (including phenoxy) is 3. The predicted octanol–water partition coefficient (Wildman–Crippen LogP) is 4.31. The third-order valence-electron chi connectivity index (χ3n) is 3.57. The summed E-state index contributed by atoms with van der Waals surface area (Å²) in [6.07, 6.45) is 2.95. The van der Waals surface area contributed by atoms with Crippen LogP contribution in [-0.4, -0.2) is 33.0 Å². The predicted molar refractivity (Wildman–Crippen MR) is 94.4 cm³/mol. The Morgan fingerprint density at radius 2 is 1.91 bits per heavy atom. The molecule has 0 radical (unpaired) electrons. The zero-order valence-electron chi connectivity index (χ0n) is 14.3. The largest absolute Gasteiger partial charge is 0.496 e. The van der Waals surface area contributed by atoms with Gasteiger partial charge in [-0.3, -0.25) is 0 Å². The summed E-state index contributed by atoms with van der Waals surface area (Å²) in [5.74, 6) is 1.50. The van der Waals surface area contributed by atoms with Gasteiger partial charge < -0.3 is 19.5 Å². The van der Waals surface area contributed by atoms with E-state index >= 15 is 0 Å². The van der Waals surface area contributed by atoms with Crippen molar-refractivity contribution >= 4 is 22.0 Å². The molecule has 0 aromatic heterocycles. The van der Waals surface area contributed by atoms with Crippen molar-refractivity contribution in [3.8, 4) is 11.5 Å². The van der Waals surface area contributed by atoms with Crippen molar-refractivity contribution in [2.24, 2.45) is 0 Å². The number of hydrogen-bond acceptors (Lipinski definition) is 4. The number of benzene rings is 1. The number of carbonyl (C=O) groups is 1. The van der Waals surface area contributed by atoms with Gasteiger partial charge in [-0.2, -0.15) is 0 Å². The maximum absolute atomic E-state index is 11.8. The van der Waals surface area contributed by atoms with E-state index in [9.17, 15) is 4.79 Å². The van der Waals surface area contributed by atoms with E-state index in [1.165, 1.54) is 0 Å². The second-order valence-electron chi connectivity index (χ2n) is 5.24. The van der Waals surface area contributed by atoms with Crippen LogP contribution in [0.15, 0.2) is 16.6 Å². The zero-order chi connectivity index (χ0) is 17.2. The third-order valence-corrected chi connectivity index (χ3v) is 4.19. The van der Waals surface area contributed by atoms with E-state index in [0.717, 1.165) is 40.8 Å². The Morgan fingerprint density at radius 3 is 2.48 bits per heavy atom. The van der Waals surface area contributed by atoms with Gasteiger partial charge in [0, 0.05) is 6.04 Å². The molecule has 1 unspecified atom stereocenters. The van der Waals surface area contributed by atoms with Crippen molar-refractivity contribution in [2.45, 2.75) is 45.6 Å². The fourth-order valence-corrected chi connectivity index (χ4v) is 2.65. The molecule has 1 N–H and O–H groups in total. The number of hydrogen-bond donors (Lipinski definition) is 1. The SMILES string of the molecule is CCCCOC(=O)NC(CC)Cc1cc(OC)c(Br)cc1OC. The number of unbranched alkanes of at least 4 members (excludes halogenated alkanes) is 1. The van der Waals surface area contributed by atoms with E-state index in [1.54, 1.807) is 14.2 Å². The topological polar surface area (TPSA) is 56.8 Å². The Morgan fingerprint density at radius 1 is 1.22 bits per heavy atom. The Labute approximate surface area is 146 Å². The average molecular weight is 388 g/mol. The van der Waals surface area contributed by atoms with Crippen LogP contribution in [0.2, 0.25) is 0 Å². The van der Waals surface area contributed by atoms with Gasteiger partial charge in [-0.05, 0) is 52.9 Å². The lowest BCUT2D eigenvalue weighted by Gasteiger charge is -2.19. The molecule has 1 amide bonds. The molecule has 0 saturated carbocycles. The summed E-state index contributed by atoms with van der Waals surface area (Å²) < 4.78 is 16.8. The van der Waals surface area contributed by atoms with Gasteiger partial charge in [0.25, 0.3) is 0 Å². The van der Waals surface area contributed by atoms with Crippen LogP contribution in [0.1, 0.15) is 38.7 Å². The van der Waals surface area contributed by atoms with Gasteiger partial charge in [0.15, 0.2) is 0 Å². The average Bonchev–Trinajstić information content (AvgIpc) is 2.55. The van der Waals surface area contributed by atoms with Crippen LogP contribution >= 0.6 is 15.9 Å². The maximum Gasteiger partial charge on any atom is 0.407 e. The van der Waals surface area contributed by atoms with Gasteiger partial charge in [-0.15, -0.1) is 0 Å². The molecule has 0 spiro atoms. The smallest absolute Gasteiger partial charge is 0.407 e. The van der Waals surface area contributed by atoms with Crippen molar-refractivity contribution in [1.29, 1.82) is 0 Å². The van der Waals surface area contributed by atoms with Gasteiger partial charge in [-0.25, -0.2) is 4.79 Å². The lowest BCUT2D eigenvalue weighted by molar-refractivity contribution is 0.140. The van der Waals surface area contributed by atoms with Crippen LogP contribution in [0.3, 0.4) is 0 Å². The minimum atomic E-state index is -0.367. The molecule has 5 nitrogen and oxygen atoms in total. The van der Waals surface area contributed by atoms with Gasteiger partial charge in [0.1, 0.15) is 11.5 Å². The van der Waals surface area contributed by atoms with Crippen LogP contribution in [0.5, 0.6) is 11.5 Å². The molecule has 0 fully saturated rings. The van der Waals surface area contributed by atoms with Crippen LogP contribution in [0.4, 0.5) is 4.79 Å². The van der Waals surface area contributed by atoms with Gasteiger partial charge >= 0.3 is 6.09 Å². The molecule has 0 aliphatic rings. The van der Waals surface area contributed by atoms with E-state index in [0.29, 0.717) is 13.0 Å². The first-order chi connectivity index (χ1) is 11.0. The summed E-state index contributed by atoms with van der Waals surface area (Å²) in [5, 5.41) is 2.91. The zero-order valence-corrected chi connectivity index (χ0v) is 15.9. The van der Waals surface area contributed by atoms with E-state index in [1.807, 2.05) is 19.1 Å². The van der Waals surface area contributed by atoms with E-state index in [-0.39, 0.29) is 12.1 Å². The van der Waals surface area contributed by atoms with Crippen molar-refractivity contribution in [3.63, 3.8) is 0 Å². The lowest BCUT2D eigenvalue weighted by atomic mass is 10.0. The molecule has 0 bridgehead atoms. The highest BCUT2D eigenvalue weighted by molar-refractivity contribution is 9.10. The van der Waals surface area contributed by atoms with E-state index in [4.69, 9.17) is 14.2 Å². The molecule has 0 saturated heterocycles. The number of halogens is 1. The van der Waals surface area contributed by atoms with E-state index in [2.05, 4.69) is 28.2 Å². The summed E-state index contributed by atoms with van der Waals surface area (Å²) >= 11 is 3.45. The Hall–Kier alpha value is -1.43. The van der Waals surface area contributed by atoms with Crippen molar-refractivity contribution in [2.75, 3.05) is 20.8 Å². The first kappa shape index (κ1) is 19.6. The molecule has 23 heavy (non-hydrogen) atoms. The molecule has 6 heteroatoms. The second kappa shape index (κ2) is 10.4. The monoisotopic (exact) mass is 387 g/mol. The van der Waals surface area contributed by atoms with Gasteiger partial charge in [0.2, 0.25) is 0 Å². The summed E-state index contributed by atoms with van der Waals surface area (Å²) in [6, 6.07) is 3.78. The van der Waals surface area contributed by atoms with Gasteiger partial charge in [-0.1, -0.05) is 20.3 Å². The highest BCUT2D eigenvalue weighted by Crippen LogP contribution is 2.33. The number of methoxy groups -OCH3 is 2. The number of rotatable bonds is 9. The van der Waals surface area contributed by atoms with Crippen molar-refractivity contribution in [3.05, 3.63) is 22.2 Å². The summed E-state index contributed by atoms with van der Waals surface area (Å²) in [7, 11) is 3.25. The number of carbonyl (C=O) groups excluding carboxylic acids is 1. The van der Waals surface area contributed by atoms with Crippen molar-refractivity contribution < 1.29 is 19.0 Å². The Bertz CT molecular complexity index is 508. The molecule has 130 valence electrons. The first-order valence-electron chi connectivity index (χ1n) is 7.89. The maximum atomic E-state index is 11.8. The molecular weight excluding hydrogens is 362 g/mol. The minimum absolute atomic E-state index is 0.0242. The van der Waals surface area contributed by atoms with Gasteiger partial charge in [0.05, 0.1) is 25.3 Å². The lowest BCUT2D eigenvalue weighted by Crippen LogP contribution is -2.36. The molecule has 0 aliphatic carbocycles. The standard InChI is InChI=1S/C17H26BrNO4/c1-5-7-8-23-17(20)19-13(6-2)9-12-10-16(22-4)14(18)11-15(12)21-3/h10-11,13H,5-9H2,1-4H3,(H,19,20). The molecular formula is C17H26BrNO4. The fraction of sp³-hybridized carbons (Fsp3) is 0.588. The first-order valence-corrected chi connectivity index (χ1v) is 8.68. The molecule has 1 rings (SSSR count). The number of alkyl carbamates (subject to hydrolysis) is 1. The van der Waals surface area contributed by atoms with Crippen LogP contribution in [0, 0.1) is 0 Å². The number of amides is 1. The summed E-state index contributed by atoms with van der Waals surface area (Å²) in [4.78, 5) is 11.8. The summed E-state index contributed by atoms with van der Waals surface area (Å²) in [5.41, 5.74) is 0.980. The van der Waals surface area contributed by atoms with E-state index < -0.39 is 0 Å².